The lowest BCUT2D eigenvalue weighted by Gasteiger charge is -2.19. The van der Waals surface area contributed by atoms with Gasteiger partial charge in [0.05, 0.1) is 25.4 Å². The molecule has 2 unspecified atom stereocenters. The van der Waals surface area contributed by atoms with Gasteiger partial charge in [0.2, 0.25) is 5.91 Å². The number of aliphatic hydroxyl groups is 2. The van der Waals surface area contributed by atoms with E-state index in [-0.39, 0.29) is 18.5 Å². The highest BCUT2D eigenvalue weighted by atomic mass is 16.5. The Hall–Kier alpha value is -1.92. The fourth-order valence-electron chi connectivity index (χ4n) is 6.56. The van der Waals surface area contributed by atoms with Crippen LogP contribution >= 0.6 is 0 Å². The van der Waals surface area contributed by atoms with Gasteiger partial charge in [-0.25, -0.2) is 0 Å². The molecule has 3 N–H and O–H groups in total. The molecule has 0 spiro atoms. The van der Waals surface area contributed by atoms with Crippen LogP contribution in [0.1, 0.15) is 226 Å². The second kappa shape index (κ2) is 42.8. The van der Waals surface area contributed by atoms with Crippen LogP contribution in [0.2, 0.25) is 0 Å². The number of ether oxygens (including phenoxy) is 1. The fourth-order valence-corrected chi connectivity index (χ4v) is 6.56. The first-order valence-electron chi connectivity index (χ1n) is 22.8. The Balaban J connectivity index is 3.54. The topological polar surface area (TPSA) is 95.9 Å². The summed E-state index contributed by atoms with van der Waals surface area (Å²) >= 11 is 0. The maximum atomic E-state index is 12.3. The lowest BCUT2D eigenvalue weighted by Crippen LogP contribution is -2.45. The molecule has 6 heteroatoms. The number of hydrogen-bond acceptors (Lipinski definition) is 5. The van der Waals surface area contributed by atoms with Gasteiger partial charge >= 0.3 is 5.97 Å². The predicted molar refractivity (Wildman–Crippen MR) is 227 cm³/mol. The average Bonchev–Trinajstić information content (AvgIpc) is 3.16. The standard InChI is InChI=1S/C47H87NO5/c1-3-5-7-9-11-13-15-17-21-25-29-33-37-41-47(52)53-42-38-34-30-26-22-19-16-18-20-24-28-32-36-40-46(51)48-44(43-49)45(50)39-35-31-27-23-14-12-10-8-6-4-2/h13,15,18,20,35,39,44-45,49-50H,3-12,14,16-17,19,21-34,36-38,40-43H2,1-2H3,(H,48,51)/b15-13-,20-18-,39-35+. The summed E-state index contributed by atoms with van der Waals surface area (Å²) in [6.07, 6.45) is 49.9. The molecule has 1 amide bonds. The van der Waals surface area contributed by atoms with E-state index in [1.807, 2.05) is 6.08 Å². The quantitative estimate of drug-likeness (QED) is 0.0329. The monoisotopic (exact) mass is 746 g/mol. The predicted octanol–water partition coefficient (Wildman–Crippen LogP) is 12.9. The zero-order valence-electron chi connectivity index (χ0n) is 35.0. The summed E-state index contributed by atoms with van der Waals surface area (Å²) in [5.74, 6) is -0.127. The van der Waals surface area contributed by atoms with Gasteiger partial charge in [0.25, 0.3) is 0 Å². The van der Waals surface area contributed by atoms with Gasteiger partial charge in [-0.05, 0) is 83.5 Å². The van der Waals surface area contributed by atoms with Crippen molar-refractivity contribution in [3.05, 3.63) is 36.5 Å². The van der Waals surface area contributed by atoms with E-state index in [2.05, 4.69) is 43.5 Å². The van der Waals surface area contributed by atoms with Crippen LogP contribution in [0.5, 0.6) is 0 Å². The minimum Gasteiger partial charge on any atom is -0.466 e. The molecule has 0 bridgehead atoms. The van der Waals surface area contributed by atoms with Gasteiger partial charge in [0.1, 0.15) is 0 Å². The molecule has 6 nitrogen and oxygen atoms in total. The molecule has 0 aliphatic rings. The van der Waals surface area contributed by atoms with Crippen molar-refractivity contribution in [3.63, 3.8) is 0 Å². The minimum absolute atomic E-state index is 0.0247. The van der Waals surface area contributed by atoms with Crippen LogP contribution < -0.4 is 5.32 Å². The highest BCUT2D eigenvalue weighted by Gasteiger charge is 2.17. The summed E-state index contributed by atoms with van der Waals surface area (Å²) in [7, 11) is 0. The van der Waals surface area contributed by atoms with Gasteiger partial charge in [-0.1, -0.05) is 166 Å². The number of esters is 1. The third-order valence-electron chi connectivity index (χ3n) is 10.1. The molecule has 0 aromatic rings. The van der Waals surface area contributed by atoms with Gasteiger partial charge in [0.15, 0.2) is 0 Å². The van der Waals surface area contributed by atoms with E-state index in [1.54, 1.807) is 6.08 Å². The molecule has 0 fully saturated rings. The highest BCUT2D eigenvalue weighted by Crippen LogP contribution is 2.13. The second-order valence-electron chi connectivity index (χ2n) is 15.4. The first-order valence-corrected chi connectivity index (χ1v) is 22.8. The number of nitrogens with one attached hydrogen (secondary N) is 1. The Kier molecular flexibility index (Phi) is 41.3. The van der Waals surface area contributed by atoms with E-state index < -0.39 is 12.1 Å². The number of aliphatic hydroxyl groups excluding tert-OH is 2. The molecule has 310 valence electrons. The van der Waals surface area contributed by atoms with Crippen LogP contribution in [-0.2, 0) is 14.3 Å². The molecule has 0 aliphatic carbocycles. The molecular weight excluding hydrogens is 659 g/mol. The van der Waals surface area contributed by atoms with Crippen LogP contribution in [-0.4, -0.2) is 47.4 Å². The Bertz CT molecular complexity index is 869. The van der Waals surface area contributed by atoms with Crippen molar-refractivity contribution in [2.24, 2.45) is 0 Å². The number of carbonyl (C=O) groups excluding carboxylic acids is 2. The van der Waals surface area contributed by atoms with Crippen molar-refractivity contribution in [1.29, 1.82) is 0 Å². The van der Waals surface area contributed by atoms with Crippen molar-refractivity contribution < 1.29 is 24.5 Å². The van der Waals surface area contributed by atoms with Gasteiger partial charge in [-0.3, -0.25) is 9.59 Å². The van der Waals surface area contributed by atoms with Crippen molar-refractivity contribution in [2.75, 3.05) is 13.2 Å². The number of unbranched alkanes of at least 4 members (excludes halogenated alkanes) is 26. The minimum atomic E-state index is -0.859. The summed E-state index contributed by atoms with van der Waals surface area (Å²) in [6.45, 7) is 4.80. The van der Waals surface area contributed by atoms with Crippen molar-refractivity contribution in [2.45, 2.75) is 238 Å². The molecular formula is C47H87NO5. The van der Waals surface area contributed by atoms with Crippen LogP contribution in [0.4, 0.5) is 0 Å². The van der Waals surface area contributed by atoms with Crippen molar-refractivity contribution >= 4 is 11.9 Å². The Morgan fingerprint density at radius 2 is 0.887 bits per heavy atom. The Labute approximate surface area is 328 Å². The molecule has 2 atom stereocenters. The maximum absolute atomic E-state index is 12.3. The molecule has 0 radical (unpaired) electrons. The van der Waals surface area contributed by atoms with E-state index in [9.17, 15) is 19.8 Å². The number of rotatable bonds is 41. The second-order valence-corrected chi connectivity index (χ2v) is 15.4. The summed E-state index contributed by atoms with van der Waals surface area (Å²) in [4.78, 5) is 24.3. The number of hydrogen-bond donors (Lipinski definition) is 3. The van der Waals surface area contributed by atoms with Gasteiger partial charge < -0.3 is 20.3 Å². The highest BCUT2D eigenvalue weighted by molar-refractivity contribution is 5.76. The van der Waals surface area contributed by atoms with E-state index in [4.69, 9.17) is 4.74 Å². The van der Waals surface area contributed by atoms with Crippen LogP contribution in [0.15, 0.2) is 36.5 Å². The molecule has 0 saturated heterocycles. The molecule has 0 aromatic carbocycles. The van der Waals surface area contributed by atoms with Crippen LogP contribution in [0.3, 0.4) is 0 Å². The van der Waals surface area contributed by atoms with E-state index in [1.165, 1.54) is 128 Å². The van der Waals surface area contributed by atoms with E-state index in [0.717, 1.165) is 70.6 Å². The first-order chi connectivity index (χ1) is 26.0. The largest absolute Gasteiger partial charge is 0.466 e. The molecule has 0 rings (SSSR count). The molecule has 0 aliphatic heterocycles. The van der Waals surface area contributed by atoms with Gasteiger partial charge in [-0.2, -0.15) is 0 Å². The lowest BCUT2D eigenvalue weighted by atomic mass is 10.1. The lowest BCUT2D eigenvalue weighted by molar-refractivity contribution is -0.143. The van der Waals surface area contributed by atoms with E-state index in [0.29, 0.717) is 19.4 Å². The van der Waals surface area contributed by atoms with Gasteiger partial charge in [-0.15, -0.1) is 0 Å². The Morgan fingerprint density at radius 3 is 1.38 bits per heavy atom. The average molecular weight is 746 g/mol. The number of allylic oxidation sites excluding steroid dienone is 5. The summed E-state index contributed by atoms with van der Waals surface area (Å²) in [6, 6.07) is -0.646. The Morgan fingerprint density at radius 1 is 0.509 bits per heavy atom. The van der Waals surface area contributed by atoms with Crippen molar-refractivity contribution in [3.8, 4) is 0 Å². The summed E-state index contributed by atoms with van der Waals surface area (Å²) in [5.41, 5.74) is 0. The van der Waals surface area contributed by atoms with Crippen molar-refractivity contribution in [1.82, 2.24) is 5.32 Å². The number of carbonyl (C=O) groups is 2. The van der Waals surface area contributed by atoms with E-state index >= 15 is 0 Å². The van der Waals surface area contributed by atoms with Gasteiger partial charge in [0, 0.05) is 12.8 Å². The maximum Gasteiger partial charge on any atom is 0.305 e. The normalized spacial score (nSPS) is 13.1. The van der Waals surface area contributed by atoms with Crippen LogP contribution in [0.25, 0.3) is 0 Å². The third kappa shape index (κ3) is 39.6. The zero-order chi connectivity index (χ0) is 38.7. The molecule has 0 aromatic heterocycles. The van der Waals surface area contributed by atoms with Crippen LogP contribution in [0, 0.1) is 0 Å². The summed E-state index contributed by atoms with van der Waals surface area (Å²) in [5, 5.41) is 22.9. The number of amides is 1. The third-order valence-corrected chi connectivity index (χ3v) is 10.1. The molecule has 53 heavy (non-hydrogen) atoms. The first kappa shape index (κ1) is 51.1. The molecule has 0 saturated carbocycles. The summed E-state index contributed by atoms with van der Waals surface area (Å²) < 4.78 is 5.43. The fraction of sp³-hybridized carbons (Fsp3) is 0.830. The smallest absolute Gasteiger partial charge is 0.305 e. The molecule has 0 heterocycles. The SMILES string of the molecule is CCCCCC/C=C\CCCCCCCC(=O)OCCCCCCCC/C=C\CCCCCC(=O)NC(CO)C(O)/C=C/CCCCCCCCCC. The zero-order valence-corrected chi connectivity index (χ0v) is 35.0.